The fourth-order valence-corrected chi connectivity index (χ4v) is 1.18. The van der Waals surface area contributed by atoms with Gasteiger partial charge in [0, 0.05) is 0 Å². The maximum Gasteiger partial charge on any atom is 0.411 e. The summed E-state index contributed by atoms with van der Waals surface area (Å²) in [6, 6.07) is 0. The van der Waals surface area contributed by atoms with Crippen molar-refractivity contribution in [2.75, 3.05) is 13.1 Å². The predicted molar refractivity (Wildman–Crippen MR) is 66.1 cm³/mol. The zero-order valence-electron chi connectivity index (χ0n) is 11.5. The summed E-state index contributed by atoms with van der Waals surface area (Å²) >= 11 is 0. The molecule has 18 heavy (non-hydrogen) atoms. The fraction of sp³-hybridized carbons (Fsp3) is 0.750. The molecule has 6 heteroatoms. The molecule has 1 N–H and O–H groups in total. The second kappa shape index (κ2) is 5.71. The number of hydrogen-bond donors (Lipinski definition) is 1. The Morgan fingerprint density at radius 3 is 2.11 bits per heavy atom. The van der Waals surface area contributed by atoms with Gasteiger partial charge in [-0.15, -0.1) is 0 Å². The molecule has 1 amide bonds. The third-order valence-corrected chi connectivity index (χ3v) is 2.25. The van der Waals surface area contributed by atoms with E-state index in [0.29, 0.717) is 0 Å². The van der Waals surface area contributed by atoms with E-state index >= 15 is 0 Å². The summed E-state index contributed by atoms with van der Waals surface area (Å²) in [5.74, 6) is -1.14. The molecule has 0 aliphatic rings. The molecule has 0 atom stereocenters. The summed E-state index contributed by atoms with van der Waals surface area (Å²) in [7, 11) is 0. The maximum absolute atomic E-state index is 12.0. The lowest BCUT2D eigenvalue weighted by Crippen LogP contribution is -2.55. The van der Waals surface area contributed by atoms with Crippen LogP contribution in [0, 0.1) is 6.57 Å². The molecule has 0 saturated heterocycles. The number of carbonyl (C=O) groups is 2. The van der Waals surface area contributed by atoms with Gasteiger partial charge in [-0.05, 0) is 34.6 Å². The molecule has 0 aromatic rings. The molecule has 6 nitrogen and oxygen atoms in total. The summed E-state index contributed by atoms with van der Waals surface area (Å²) in [5, 5.41) is 9.13. The highest BCUT2D eigenvalue weighted by molar-refractivity contribution is 5.83. The first-order valence-corrected chi connectivity index (χ1v) is 5.59. The molecule has 0 aliphatic heterocycles. The van der Waals surface area contributed by atoms with Gasteiger partial charge in [-0.1, -0.05) is 0 Å². The summed E-state index contributed by atoms with van der Waals surface area (Å²) in [5.41, 5.74) is -2.12. The molecule has 0 rings (SSSR count). The van der Waals surface area contributed by atoms with E-state index in [0.717, 1.165) is 4.90 Å². The Morgan fingerprint density at radius 1 is 1.28 bits per heavy atom. The molecule has 0 fully saturated rings. The number of nitrogens with zero attached hydrogens (tertiary/aromatic N) is 2. The van der Waals surface area contributed by atoms with Crippen molar-refractivity contribution in [3.8, 4) is 0 Å². The van der Waals surface area contributed by atoms with E-state index in [-0.39, 0.29) is 13.1 Å². The Kier molecular flexibility index (Phi) is 5.15. The van der Waals surface area contributed by atoms with E-state index < -0.39 is 23.2 Å². The zero-order chi connectivity index (χ0) is 14.6. The highest BCUT2D eigenvalue weighted by Crippen LogP contribution is 2.19. The van der Waals surface area contributed by atoms with Gasteiger partial charge in [0.25, 0.3) is 0 Å². The lowest BCUT2D eigenvalue weighted by Gasteiger charge is -2.35. The molecule has 0 unspecified atom stereocenters. The van der Waals surface area contributed by atoms with E-state index in [1.165, 1.54) is 13.8 Å². The number of aliphatic carboxylic acids is 1. The summed E-state index contributed by atoms with van der Waals surface area (Å²) in [6.07, 6.45) is -0.724. The van der Waals surface area contributed by atoms with Crippen molar-refractivity contribution in [1.29, 1.82) is 0 Å². The van der Waals surface area contributed by atoms with Gasteiger partial charge in [0.2, 0.25) is 6.54 Å². The molecular formula is C12H20N2O4. The van der Waals surface area contributed by atoms with Crippen LogP contribution in [0.2, 0.25) is 0 Å². The van der Waals surface area contributed by atoms with Crippen LogP contribution >= 0.6 is 0 Å². The Labute approximate surface area is 107 Å². The van der Waals surface area contributed by atoms with E-state index in [1.807, 2.05) is 0 Å². The van der Waals surface area contributed by atoms with Crippen LogP contribution in [-0.4, -0.2) is 46.3 Å². The van der Waals surface area contributed by atoms with Crippen molar-refractivity contribution in [3.05, 3.63) is 11.4 Å². The summed E-state index contributed by atoms with van der Waals surface area (Å²) < 4.78 is 5.15. The zero-order valence-corrected chi connectivity index (χ0v) is 11.5. The van der Waals surface area contributed by atoms with Gasteiger partial charge in [0.05, 0.1) is 6.54 Å². The Bertz CT molecular complexity index is 363. The molecule has 0 bridgehead atoms. The minimum atomic E-state index is -1.41. The number of amides is 1. The Balaban J connectivity index is 5.07. The maximum atomic E-state index is 12.0. The highest BCUT2D eigenvalue weighted by atomic mass is 16.6. The van der Waals surface area contributed by atoms with E-state index in [2.05, 4.69) is 4.85 Å². The smallest absolute Gasteiger partial charge is 0.411 e. The van der Waals surface area contributed by atoms with Crippen LogP contribution in [0.1, 0.15) is 34.6 Å². The van der Waals surface area contributed by atoms with Crippen LogP contribution in [0.4, 0.5) is 4.79 Å². The van der Waals surface area contributed by atoms with Crippen molar-refractivity contribution in [2.24, 2.45) is 0 Å². The molecule has 0 saturated carbocycles. The van der Waals surface area contributed by atoms with Crippen LogP contribution in [0.3, 0.4) is 0 Å². The normalized spacial score (nSPS) is 11.6. The largest absolute Gasteiger partial charge is 0.480 e. The first-order chi connectivity index (χ1) is 8.02. The topological polar surface area (TPSA) is 71.2 Å². The number of carboxylic acid groups (broad SMARTS) is 1. The summed E-state index contributed by atoms with van der Waals surface area (Å²) in [6.45, 7) is 14.7. The van der Waals surface area contributed by atoms with Gasteiger partial charge < -0.3 is 14.7 Å². The molecule has 0 radical (unpaired) electrons. The third kappa shape index (κ3) is 4.62. The van der Waals surface area contributed by atoms with Crippen LogP contribution in [-0.2, 0) is 9.53 Å². The minimum absolute atomic E-state index is 0.0255. The van der Waals surface area contributed by atoms with Gasteiger partial charge in [-0.2, -0.15) is 0 Å². The van der Waals surface area contributed by atoms with Crippen molar-refractivity contribution in [2.45, 2.75) is 45.8 Å². The van der Waals surface area contributed by atoms with Crippen LogP contribution in [0.5, 0.6) is 0 Å². The van der Waals surface area contributed by atoms with Crippen molar-refractivity contribution in [3.63, 3.8) is 0 Å². The number of hydrogen-bond acceptors (Lipinski definition) is 3. The molecule has 0 aliphatic carbocycles. The van der Waals surface area contributed by atoms with Crippen LogP contribution in [0.25, 0.3) is 4.85 Å². The number of carboxylic acids is 1. The van der Waals surface area contributed by atoms with Crippen molar-refractivity contribution in [1.82, 2.24) is 4.90 Å². The second-order valence-corrected chi connectivity index (χ2v) is 5.38. The summed E-state index contributed by atoms with van der Waals surface area (Å²) in [4.78, 5) is 27.3. The van der Waals surface area contributed by atoms with Gasteiger partial charge >= 0.3 is 12.1 Å². The number of rotatable bonds is 4. The molecule has 0 spiro atoms. The first kappa shape index (κ1) is 16.2. The number of carbonyl (C=O) groups excluding carboxylic acids is 1. The minimum Gasteiger partial charge on any atom is -0.480 e. The average molecular weight is 256 g/mol. The van der Waals surface area contributed by atoms with E-state index in [4.69, 9.17) is 16.4 Å². The van der Waals surface area contributed by atoms with Crippen molar-refractivity contribution >= 4 is 12.1 Å². The molecule has 0 aromatic heterocycles. The van der Waals surface area contributed by atoms with Crippen molar-refractivity contribution < 1.29 is 19.4 Å². The SMILES string of the molecule is [C-]#[N+]CCN(C(=O)OC(C)(C)C)C(C)(C)C(=O)O. The van der Waals surface area contributed by atoms with Crippen LogP contribution in [0.15, 0.2) is 0 Å². The molecular weight excluding hydrogens is 236 g/mol. The quantitative estimate of drug-likeness (QED) is 0.781. The first-order valence-electron chi connectivity index (χ1n) is 5.59. The highest BCUT2D eigenvalue weighted by Gasteiger charge is 2.40. The van der Waals surface area contributed by atoms with E-state index in [9.17, 15) is 9.59 Å². The molecule has 102 valence electrons. The Hall–Kier alpha value is -1.77. The molecule has 0 aromatic carbocycles. The third-order valence-electron chi connectivity index (χ3n) is 2.25. The van der Waals surface area contributed by atoms with Gasteiger partial charge in [0.15, 0.2) is 0 Å². The Morgan fingerprint density at radius 2 is 1.78 bits per heavy atom. The van der Waals surface area contributed by atoms with Gasteiger partial charge in [-0.25, -0.2) is 16.2 Å². The lowest BCUT2D eigenvalue weighted by molar-refractivity contribution is -0.148. The van der Waals surface area contributed by atoms with Crippen LogP contribution < -0.4 is 0 Å². The monoisotopic (exact) mass is 256 g/mol. The standard InChI is InChI=1S/C12H20N2O4/c1-11(2,3)18-10(17)14(8-7-13-6)12(4,5)9(15)16/h7-8H2,1-5H3,(H,15,16). The second-order valence-electron chi connectivity index (χ2n) is 5.38. The fourth-order valence-electron chi connectivity index (χ4n) is 1.18. The molecule has 0 heterocycles. The predicted octanol–water partition coefficient (Wildman–Crippen LogP) is 2.01. The van der Waals surface area contributed by atoms with Gasteiger partial charge in [-0.3, -0.25) is 4.90 Å². The van der Waals surface area contributed by atoms with E-state index in [1.54, 1.807) is 20.8 Å². The average Bonchev–Trinajstić information content (AvgIpc) is 2.14. The number of ether oxygens (including phenoxy) is 1. The van der Waals surface area contributed by atoms with Gasteiger partial charge in [0.1, 0.15) is 11.1 Å². The lowest BCUT2D eigenvalue weighted by atomic mass is 10.0.